The zero-order chi connectivity index (χ0) is 21.8. The highest BCUT2D eigenvalue weighted by atomic mass is 19.4. The van der Waals surface area contributed by atoms with E-state index in [9.17, 15) is 13.2 Å². The van der Waals surface area contributed by atoms with Crippen LogP contribution in [0.4, 0.5) is 13.2 Å². The van der Waals surface area contributed by atoms with Crippen LogP contribution in [0.1, 0.15) is 47.2 Å². The van der Waals surface area contributed by atoms with Crippen molar-refractivity contribution in [1.29, 1.82) is 0 Å². The van der Waals surface area contributed by atoms with Crippen LogP contribution in [0, 0.1) is 20.8 Å². The van der Waals surface area contributed by atoms with Crippen LogP contribution in [0.3, 0.4) is 0 Å². The minimum absolute atomic E-state index is 0.356. The number of rotatable bonds is 2. The summed E-state index contributed by atoms with van der Waals surface area (Å²) in [6.45, 7) is 10.6. The molecule has 0 aliphatic carbocycles. The maximum atomic E-state index is 13.2. The van der Waals surface area contributed by atoms with Gasteiger partial charge in [-0.05, 0) is 88.3 Å². The Morgan fingerprint density at radius 1 is 0.667 bits per heavy atom. The zero-order valence-corrected chi connectivity index (χ0v) is 17.9. The summed E-state index contributed by atoms with van der Waals surface area (Å²) >= 11 is 0. The molecule has 4 aromatic carbocycles. The molecule has 0 fully saturated rings. The molecule has 4 aromatic rings. The van der Waals surface area contributed by atoms with E-state index in [1.54, 1.807) is 6.07 Å². The molecule has 0 heterocycles. The summed E-state index contributed by atoms with van der Waals surface area (Å²) in [6, 6.07) is 18.5. The van der Waals surface area contributed by atoms with Crippen molar-refractivity contribution in [3.63, 3.8) is 0 Å². The minimum Gasteiger partial charge on any atom is -0.166 e. The first kappa shape index (κ1) is 20.5. The number of hydrogen-bond donors (Lipinski definition) is 0. The Morgan fingerprint density at radius 3 is 2.03 bits per heavy atom. The molecular formula is C27H25F3. The Morgan fingerprint density at radius 2 is 1.33 bits per heavy atom. The normalized spacial score (nSPS) is 12.7. The fraction of sp³-hybridized carbons (Fsp3) is 0.259. The third-order valence-electron chi connectivity index (χ3n) is 6.32. The van der Waals surface area contributed by atoms with Crippen LogP contribution < -0.4 is 0 Å². The van der Waals surface area contributed by atoms with Gasteiger partial charge in [0.2, 0.25) is 0 Å². The highest BCUT2D eigenvalue weighted by Gasteiger charge is 2.32. The maximum Gasteiger partial charge on any atom is 0.416 e. The van der Waals surface area contributed by atoms with Crippen LogP contribution >= 0.6 is 0 Å². The van der Waals surface area contributed by atoms with Gasteiger partial charge in [0, 0.05) is 5.41 Å². The van der Waals surface area contributed by atoms with E-state index in [-0.39, 0.29) is 5.41 Å². The standard InChI is InChI=1S/C27H25F3/c1-16-12-19-10-11-22(27(28,29)30)14-21(19)15-24(16)26(4,5)25-17(2)13-20-8-6-7-9-23(20)18(25)3/h6-15H,1-5H3. The molecule has 0 spiro atoms. The molecule has 0 aromatic heterocycles. The molecular weight excluding hydrogens is 381 g/mol. The third kappa shape index (κ3) is 3.27. The van der Waals surface area contributed by atoms with Gasteiger partial charge >= 0.3 is 6.18 Å². The van der Waals surface area contributed by atoms with Crippen LogP contribution in [-0.2, 0) is 11.6 Å². The van der Waals surface area contributed by atoms with Crippen molar-refractivity contribution in [2.75, 3.05) is 0 Å². The molecule has 0 N–H and O–H groups in total. The van der Waals surface area contributed by atoms with E-state index in [1.165, 1.54) is 33.5 Å². The fourth-order valence-corrected chi connectivity index (χ4v) is 5.06. The number of fused-ring (bicyclic) bond motifs is 2. The summed E-state index contributed by atoms with van der Waals surface area (Å²) in [5.74, 6) is 0. The second-order valence-electron chi connectivity index (χ2n) is 8.77. The first-order chi connectivity index (χ1) is 14.0. The smallest absolute Gasteiger partial charge is 0.166 e. The van der Waals surface area contributed by atoms with Crippen molar-refractivity contribution in [3.05, 3.63) is 94.0 Å². The first-order valence-electron chi connectivity index (χ1n) is 10.1. The van der Waals surface area contributed by atoms with Crippen LogP contribution in [0.5, 0.6) is 0 Å². The minimum atomic E-state index is -4.35. The molecule has 0 saturated carbocycles. The van der Waals surface area contributed by atoms with E-state index in [0.29, 0.717) is 5.39 Å². The van der Waals surface area contributed by atoms with Crippen LogP contribution in [-0.4, -0.2) is 0 Å². The van der Waals surface area contributed by atoms with Gasteiger partial charge in [0.15, 0.2) is 0 Å². The molecule has 0 radical (unpaired) electrons. The van der Waals surface area contributed by atoms with Crippen molar-refractivity contribution in [3.8, 4) is 0 Å². The first-order valence-corrected chi connectivity index (χ1v) is 10.1. The lowest BCUT2D eigenvalue weighted by Crippen LogP contribution is -2.23. The van der Waals surface area contributed by atoms with E-state index in [2.05, 4.69) is 45.9 Å². The number of hydrogen-bond acceptors (Lipinski definition) is 0. The molecule has 0 nitrogen and oxygen atoms in total. The maximum absolute atomic E-state index is 13.2. The quantitative estimate of drug-likeness (QED) is 0.314. The predicted molar refractivity (Wildman–Crippen MR) is 119 cm³/mol. The van der Waals surface area contributed by atoms with Gasteiger partial charge in [0.05, 0.1) is 5.56 Å². The van der Waals surface area contributed by atoms with Crippen LogP contribution in [0.15, 0.2) is 60.7 Å². The Bertz CT molecular complexity index is 1280. The molecule has 154 valence electrons. The molecule has 0 amide bonds. The number of halogens is 3. The highest BCUT2D eigenvalue weighted by Crippen LogP contribution is 2.41. The Balaban J connectivity index is 1.96. The molecule has 0 aliphatic rings. The summed E-state index contributed by atoms with van der Waals surface area (Å²) in [6.07, 6.45) is -4.35. The van der Waals surface area contributed by atoms with Gasteiger partial charge < -0.3 is 0 Å². The fourth-order valence-electron chi connectivity index (χ4n) is 5.06. The van der Waals surface area contributed by atoms with Crippen molar-refractivity contribution in [2.45, 2.75) is 46.2 Å². The third-order valence-corrected chi connectivity index (χ3v) is 6.32. The average Bonchev–Trinajstić information content (AvgIpc) is 2.66. The second-order valence-corrected chi connectivity index (χ2v) is 8.77. The molecule has 4 rings (SSSR count). The molecule has 0 unspecified atom stereocenters. The summed E-state index contributed by atoms with van der Waals surface area (Å²) in [7, 11) is 0. The Hall–Kier alpha value is -2.81. The summed E-state index contributed by atoms with van der Waals surface area (Å²) < 4.78 is 39.7. The lowest BCUT2D eigenvalue weighted by Gasteiger charge is -2.32. The van der Waals surface area contributed by atoms with Gasteiger partial charge in [-0.2, -0.15) is 13.2 Å². The average molecular weight is 406 g/mol. The monoisotopic (exact) mass is 406 g/mol. The van der Waals surface area contributed by atoms with E-state index < -0.39 is 11.7 Å². The van der Waals surface area contributed by atoms with Crippen LogP contribution in [0.2, 0.25) is 0 Å². The summed E-state index contributed by atoms with van der Waals surface area (Å²) in [5.41, 5.74) is 4.82. The van der Waals surface area contributed by atoms with Gasteiger partial charge in [-0.3, -0.25) is 0 Å². The van der Waals surface area contributed by atoms with Gasteiger partial charge in [-0.1, -0.05) is 56.3 Å². The van der Waals surface area contributed by atoms with Gasteiger partial charge in [-0.15, -0.1) is 0 Å². The lowest BCUT2D eigenvalue weighted by atomic mass is 9.71. The van der Waals surface area contributed by atoms with Crippen molar-refractivity contribution in [1.82, 2.24) is 0 Å². The van der Waals surface area contributed by atoms with Crippen molar-refractivity contribution in [2.24, 2.45) is 0 Å². The Kier molecular flexibility index (Phi) is 4.68. The van der Waals surface area contributed by atoms with E-state index in [1.807, 2.05) is 31.2 Å². The van der Waals surface area contributed by atoms with Gasteiger partial charge in [-0.25, -0.2) is 0 Å². The highest BCUT2D eigenvalue weighted by molar-refractivity contribution is 5.89. The van der Waals surface area contributed by atoms with E-state index >= 15 is 0 Å². The van der Waals surface area contributed by atoms with E-state index in [0.717, 1.165) is 22.6 Å². The molecule has 3 heteroatoms. The number of alkyl halides is 3. The molecule has 0 saturated heterocycles. The SMILES string of the molecule is Cc1cc2ccc(C(F)(F)F)cc2cc1C(C)(C)c1c(C)cc2ccccc2c1C. The van der Waals surface area contributed by atoms with Gasteiger partial charge in [0.1, 0.15) is 0 Å². The largest absolute Gasteiger partial charge is 0.416 e. The summed E-state index contributed by atoms with van der Waals surface area (Å²) in [4.78, 5) is 0. The van der Waals surface area contributed by atoms with Gasteiger partial charge in [0.25, 0.3) is 0 Å². The summed E-state index contributed by atoms with van der Waals surface area (Å²) in [5, 5.41) is 3.86. The molecule has 0 atom stereocenters. The Labute approximate surface area is 175 Å². The molecule has 30 heavy (non-hydrogen) atoms. The van der Waals surface area contributed by atoms with Crippen molar-refractivity contribution < 1.29 is 13.2 Å². The molecule has 0 aliphatic heterocycles. The predicted octanol–water partition coefficient (Wildman–Crippen LogP) is 8.26. The second kappa shape index (κ2) is 6.87. The van der Waals surface area contributed by atoms with Crippen molar-refractivity contribution >= 4 is 21.5 Å². The topological polar surface area (TPSA) is 0 Å². The zero-order valence-electron chi connectivity index (χ0n) is 17.9. The van der Waals surface area contributed by atoms with E-state index in [4.69, 9.17) is 0 Å². The lowest BCUT2D eigenvalue weighted by molar-refractivity contribution is -0.137. The molecule has 0 bridgehead atoms. The number of benzene rings is 4. The van der Waals surface area contributed by atoms with Crippen LogP contribution in [0.25, 0.3) is 21.5 Å². The number of aryl methyl sites for hydroxylation is 3.